The molecule has 100 valence electrons. The molecule has 0 saturated carbocycles. The van der Waals surface area contributed by atoms with Crippen LogP contribution in [0.4, 0.5) is 0 Å². The lowest BCUT2D eigenvalue weighted by atomic mass is 10.3. The number of carboxylic acids is 1. The molecule has 0 spiro atoms. The van der Waals surface area contributed by atoms with Gasteiger partial charge in [0, 0.05) is 13.1 Å². The van der Waals surface area contributed by atoms with Gasteiger partial charge in [-0.15, -0.1) is 11.8 Å². The molecule has 0 aromatic carbocycles. The first-order chi connectivity index (χ1) is 8.06. The van der Waals surface area contributed by atoms with Gasteiger partial charge in [0.15, 0.2) is 0 Å². The fraction of sp³-hybridized carbons (Fsp3) is 0.833. The highest BCUT2D eigenvalue weighted by Gasteiger charge is 2.19. The maximum absolute atomic E-state index is 11.9. The predicted molar refractivity (Wildman–Crippen MR) is 71.3 cm³/mol. The zero-order chi connectivity index (χ0) is 13.3. The minimum absolute atomic E-state index is 0.0541. The Hall–Kier alpha value is -0.710. The SMILES string of the molecule is CCCN(CCC)C(=O)CSC(CC)C(=O)O. The number of carbonyl (C=O) groups is 2. The van der Waals surface area contributed by atoms with Gasteiger partial charge in [-0.05, 0) is 19.3 Å². The Morgan fingerprint density at radius 2 is 1.71 bits per heavy atom. The molecule has 0 aromatic heterocycles. The van der Waals surface area contributed by atoms with Crippen molar-refractivity contribution in [1.29, 1.82) is 0 Å². The summed E-state index contributed by atoms with van der Waals surface area (Å²) >= 11 is 1.23. The van der Waals surface area contributed by atoms with Crippen LogP contribution in [-0.2, 0) is 9.59 Å². The topological polar surface area (TPSA) is 57.6 Å². The molecule has 1 atom stereocenters. The van der Waals surface area contributed by atoms with Gasteiger partial charge in [0.05, 0.1) is 5.75 Å². The third-order valence-corrected chi connectivity index (χ3v) is 3.74. The molecular weight excluding hydrogens is 238 g/mol. The van der Waals surface area contributed by atoms with Crippen LogP contribution >= 0.6 is 11.8 Å². The van der Waals surface area contributed by atoms with Crippen molar-refractivity contribution < 1.29 is 14.7 Å². The van der Waals surface area contributed by atoms with Gasteiger partial charge in [-0.25, -0.2) is 0 Å². The molecule has 0 radical (unpaired) electrons. The van der Waals surface area contributed by atoms with Gasteiger partial charge < -0.3 is 10.0 Å². The second kappa shape index (κ2) is 9.33. The van der Waals surface area contributed by atoms with E-state index in [0.29, 0.717) is 6.42 Å². The van der Waals surface area contributed by atoms with E-state index in [9.17, 15) is 9.59 Å². The van der Waals surface area contributed by atoms with Gasteiger partial charge in [-0.3, -0.25) is 9.59 Å². The van der Waals surface area contributed by atoms with Gasteiger partial charge in [0.25, 0.3) is 0 Å². The normalized spacial score (nSPS) is 12.2. The molecular formula is C12H23NO3S. The molecule has 0 aliphatic heterocycles. The fourth-order valence-electron chi connectivity index (χ4n) is 1.53. The summed E-state index contributed by atoms with van der Waals surface area (Å²) in [5.74, 6) is -0.508. The molecule has 17 heavy (non-hydrogen) atoms. The molecule has 1 amide bonds. The second-order valence-corrected chi connectivity index (χ2v) is 5.12. The van der Waals surface area contributed by atoms with Crippen LogP contribution in [-0.4, -0.2) is 46.0 Å². The van der Waals surface area contributed by atoms with E-state index in [2.05, 4.69) is 0 Å². The number of carbonyl (C=O) groups excluding carboxylic acids is 1. The summed E-state index contributed by atoms with van der Waals surface area (Å²) in [5, 5.41) is 8.42. The minimum atomic E-state index is -0.831. The summed E-state index contributed by atoms with van der Waals surface area (Å²) in [7, 11) is 0. The third kappa shape index (κ3) is 6.56. The average molecular weight is 261 g/mol. The highest BCUT2D eigenvalue weighted by molar-refractivity contribution is 8.01. The van der Waals surface area contributed by atoms with Gasteiger partial charge in [0.1, 0.15) is 5.25 Å². The zero-order valence-electron chi connectivity index (χ0n) is 10.9. The lowest BCUT2D eigenvalue weighted by Gasteiger charge is -2.21. The van der Waals surface area contributed by atoms with E-state index in [1.54, 1.807) is 0 Å². The molecule has 0 saturated heterocycles. The molecule has 4 nitrogen and oxygen atoms in total. The Balaban J connectivity index is 4.16. The second-order valence-electron chi connectivity index (χ2n) is 3.93. The van der Waals surface area contributed by atoms with Crippen LogP contribution in [0, 0.1) is 0 Å². The number of hydrogen-bond donors (Lipinski definition) is 1. The largest absolute Gasteiger partial charge is 0.480 e. The number of hydrogen-bond acceptors (Lipinski definition) is 3. The Morgan fingerprint density at radius 3 is 2.06 bits per heavy atom. The first-order valence-corrected chi connectivity index (χ1v) is 7.23. The molecule has 0 aliphatic carbocycles. The monoisotopic (exact) mass is 261 g/mol. The Morgan fingerprint density at radius 1 is 1.18 bits per heavy atom. The summed E-state index contributed by atoms with van der Waals surface area (Å²) in [6.07, 6.45) is 2.42. The number of aliphatic carboxylic acids is 1. The van der Waals surface area contributed by atoms with E-state index >= 15 is 0 Å². The molecule has 0 bridgehead atoms. The number of amides is 1. The van der Waals surface area contributed by atoms with Crippen molar-refractivity contribution in [1.82, 2.24) is 4.90 Å². The summed E-state index contributed by atoms with van der Waals surface area (Å²) in [6.45, 7) is 7.42. The van der Waals surface area contributed by atoms with Crippen LogP contribution < -0.4 is 0 Å². The van der Waals surface area contributed by atoms with E-state index in [1.165, 1.54) is 11.8 Å². The standard InChI is InChI=1S/C12H23NO3S/c1-4-7-13(8-5-2)11(14)9-17-10(6-3)12(15)16/h10H,4-9H2,1-3H3,(H,15,16). The highest BCUT2D eigenvalue weighted by atomic mass is 32.2. The van der Waals surface area contributed by atoms with Crippen molar-refractivity contribution in [2.45, 2.75) is 45.3 Å². The number of nitrogens with zero attached hydrogens (tertiary/aromatic N) is 1. The Labute approximate surface area is 108 Å². The van der Waals surface area contributed by atoms with Crippen molar-refractivity contribution in [2.24, 2.45) is 0 Å². The van der Waals surface area contributed by atoms with Crippen molar-refractivity contribution in [3.05, 3.63) is 0 Å². The quantitative estimate of drug-likeness (QED) is 0.691. The number of carboxylic acid groups (broad SMARTS) is 1. The molecule has 0 heterocycles. The lowest BCUT2D eigenvalue weighted by molar-refractivity contribution is -0.136. The van der Waals surface area contributed by atoms with E-state index in [4.69, 9.17) is 5.11 Å². The third-order valence-electron chi connectivity index (χ3n) is 2.39. The smallest absolute Gasteiger partial charge is 0.316 e. The maximum Gasteiger partial charge on any atom is 0.316 e. The molecule has 1 unspecified atom stereocenters. The van der Waals surface area contributed by atoms with Gasteiger partial charge in [-0.1, -0.05) is 20.8 Å². The van der Waals surface area contributed by atoms with Crippen LogP contribution in [0.25, 0.3) is 0 Å². The van der Waals surface area contributed by atoms with E-state index in [-0.39, 0.29) is 11.7 Å². The van der Waals surface area contributed by atoms with Crippen LogP contribution in [0.2, 0.25) is 0 Å². The minimum Gasteiger partial charge on any atom is -0.480 e. The first-order valence-electron chi connectivity index (χ1n) is 6.18. The molecule has 0 aliphatic rings. The van der Waals surface area contributed by atoms with Crippen molar-refractivity contribution in [3.63, 3.8) is 0 Å². The first kappa shape index (κ1) is 16.3. The highest BCUT2D eigenvalue weighted by Crippen LogP contribution is 2.15. The summed E-state index contributed by atoms with van der Waals surface area (Å²) in [6, 6.07) is 0. The molecule has 5 heteroatoms. The van der Waals surface area contributed by atoms with Gasteiger partial charge in [0.2, 0.25) is 5.91 Å². The Kier molecular flexibility index (Phi) is 8.94. The van der Waals surface area contributed by atoms with Crippen molar-refractivity contribution >= 4 is 23.6 Å². The molecule has 0 rings (SSSR count). The zero-order valence-corrected chi connectivity index (χ0v) is 11.8. The molecule has 1 N–H and O–H groups in total. The van der Waals surface area contributed by atoms with Crippen molar-refractivity contribution in [3.8, 4) is 0 Å². The summed E-state index contributed by atoms with van der Waals surface area (Å²) < 4.78 is 0. The van der Waals surface area contributed by atoms with Crippen LogP contribution in [0.1, 0.15) is 40.0 Å². The lowest BCUT2D eigenvalue weighted by Crippen LogP contribution is -2.34. The van der Waals surface area contributed by atoms with Crippen molar-refractivity contribution in [2.75, 3.05) is 18.8 Å². The van der Waals surface area contributed by atoms with Crippen LogP contribution in [0.15, 0.2) is 0 Å². The van der Waals surface area contributed by atoms with E-state index in [1.807, 2.05) is 25.7 Å². The number of rotatable bonds is 9. The number of thioether (sulfide) groups is 1. The Bertz CT molecular complexity index is 240. The molecule has 0 fully saturated rings. The van der Waals surface area contributed by atoms with Crippen LogP contribution in [0.3, 0.4) is 0 Å². The van der Waals surface area contributed by atoms with Crippen LogP contribution in [0.5, 0.6) is 0 Å². The van der Waals surface area contributed by atoms with Gasteiger partial charge in [-0.2, -0.15) is 0 Å². The maximum atomic E-state index is 11.9. The van der Waals surface area contributed by atoms with E-state index < -0.39 is 11.2 Å². The average Bonchev–Trinajstić information content (AvgIpc) is 2.28. The predicted octanol–water partition coefficient (Wildman–Crippen LogP) is 2.23. The molecule has 0 aromatic rings. The van der Waals surface area contributed by atoms with E-state index in [0.717, 1.165) is 25.9 Å². The summed E-state index contributed by atoms with van der Waals surface area (Å²) in [4.78, 5) is 24.5. The van der Waals surface area contributed by atoms with Gasteiger partial charge >= 0.3 is 5.97 Å². The fourth-order valence-corrected chi connectivity index (χ4v) is 2.43. The summed E-state index contributed by atoms with van der Waals surface area (Å²) in [5.41, 5.74) is 0.